The average molecular weight is 304 g/mol. The Morgan fingerprint density at radius 3 is 2.35 bits per heavy atom. The molecule has 6 heteroatoms. The van der Waals surface area contributed by atoms with Crippen LogP contribution in [0, 0.1) is 5.92 Å². The number of ketones is 1. The van der Waals surface area contributed by atoms with Crippen molar-refractivity contribution >= 4 is 15.6 Å². The van der Waals surface area contributed by atoms with E-state index in [-0.39, 0.29) is 17.3 Å². The molecule has 2 aliphatic heterocycles. The molecular weight excluding hydrogens is 280 g/mol. The topological polar surface area (TPSA) is 69.7 Å². The lowest BCUT2D eigenvalue weighted by atomic mass is 9.77. The second-order valence-electron chi connectivity index (χ2n) is 6.48. The number of carbonyl (C=O) groups is 1. The standard InChI is InChI=1S/C14H24O5S/c1-13(2,20(3,16)17)12(15)11-4-7-19-14(10-11)5-8-18-9-6-14/h11H,4-10H2,1-3H3. The van der Waals surface area contributed by atoms with Crippen LogP contribution in [0.2, 0.25) is 0 Å². The molecule has 0 N–H and O–H groups in total. The predicted octanol–water partition coefficient (Wildman–Crippen LogP) is 1.35. The Labute approximate surface area is 120 Å². The number of rotatable bonds is 3. The maximum Gasteiger partial charge on any atom is 0.159 e. The summed E-state index contributed by atoms with van der Waals surface area (Å²) in [6.07, 6.45) is 3.94. The van der Waals surface area contributed by atoms with Crippen LogP contribution in [0.1, 0.15) is 39.5 Å². The summed E-state index contributed by atoms with van der Waals surface area (Å²) in [5.41, 5.74) is -0.287. The van der Waals surface area contributed by atoms with Crippen LogP contribution in [-0.2, 0) is 24.1 Å². The van der Waals surface area contributed by atoms with Crippen LogP contribution in [-0.4, -0.2) is 50.6 Å². The van der Waals surface area contributed by atoms with Crippen molar-refractivity contribution in [1.82, 2.24) is 0 Å². The number of carbonyl (C=O) groups excluding carboxylic acids is 1. The van der Waals surface area contributed by atoms with E-state index in [0.29, 0.717) is 32.7 Å². The second-order valence-corrected chi connectivity index (χ2v) is 9.05. The molecule has 0 amide bonds. The first-order valence-electron chi connectivity index (χ1n) is 7.14. The quantitative estimate of drug-likeness (QED) is 0.787. The molecule has 0 aromatic rings. The molecule has 2 rings (SSSR count). The van der Waals surface area contributed by atoms with Gasteiger partial charge in [0.05, 0.1) is 5.60 Å². The first kappa shape index (κ1) is 15.9. The summed E-state index contributed by atoms with van der Waals surface area (Å²) in [7, 11) is -3.41. The maximum absolute atomic E-state index is 12.6. The van der Waals surface area contributed by atoms with E-state index in [0.717, 1.165) is 19.1 Å². The Morgan fingerprint density at radius 1 is 1.20 bits per heavy atom. The van der Waals surface area contributed by atoms with Crippen LogP contribution >= 0.6 is 0 Å². The lowest BCUT2D eigenvalue weighted by molar-refractivity contribution is -0.157. The van der Waals surface area contributed by atoms with Crippen LogP contribution < -0.4 is 0 Å². The van der Waals surface area contributed by atoms with Gasteiger partial charge in [-0.2, -0.15) is 0 Å². The van der Waals surface area contributed by atoms with Gasteiger partial charge >= 0.3 is 0 Å². The fraction of sp³-hybridized carbons (Fsp3) is 0.929. The van der Waals surface area contributed by atoms with E-state index in [2.05, 4.69) is 0 Å². The average Bonchev–Trinajstić information content (AvgIpc) is 2.37. The van der Waals surface area contributed by atoms with Crippen LogP contribution in [0.25, 0.3) is 0 Å². The fourth-order valence-electron chi connectivity index (χ4n) is 3.02. The molecule has 5 nitrogen and oxygen atoms in total. The van der Waals surface area contributed by atoms with Crippen LogP contribution in [0.3, 0.4) is 0 Å². The van der Waals surface area contributed by atoms with Crippen LogP contribution in [0.5, 0.6) is 0 Å². The molecule has 2 fully saturated rings. The summed E-state index contributed by atoms with van der Waals surface area (Å²) in [6.45, 7) is 4.84. The smallest absolute Gasteiger partial charge is 0.159 e. The van der Waals surface area contributed by atoms with Gasteiger partial charge in [0.25, 0.3) is 0 Å². The number of ether oxygens (including phenoxy) is 2. The highest BCUT2D eigenvalue weighted by Crippen LogP contribution is 2.39. The van der Waals surface area contributed by atoms with Crippen molar-refractivity contribution in [2.45, 2.75) is 49.9 Å². The summed E-state index contributed by atoms with van der Waals surface area (Å²) in [4.78, 5) is 12.6. The minimum atomic E-state index is -3.41. The van der Waals surface area contributed by atoms with Crippen molar-refractivity contribution in [3.63, 3.8) is 0 Å². The Morgan fingerprint density at radius 2 is 1.80 bits per heavy atom. The van der Waals surface area contributed by atoms with Crippen molar-refractivity contribution in [3.8, 4) is 0 Å². The zero-order chi connectivity index (χ0) is 15.0. The third-order valence-electron chi connectivity index (χ3n) is 4.79. The molecule has 1 atom stereocenters. The molecule has 20 heavy (non-hydrogen) atoms. The molecule has 116 valence electrons. The number of hydrogen-bond acceptors (Lipinski definition) is 5. The highest BCUT2D eigenvalue weighted by molar-refractivity contribution is 7.92. The van der Waals surface area contributed by atoms with Gasteiger partial charge in [0.15, 0.2) is 15.6 Å². The summed E-state index contributed by atoms with van der Waals surface area (Å²) >= 11 is 0. The van der Waals surface area contributed by atoms with Gasteiger partial charge in [-0.05, 0) is 39.5 Å². The minimum Gasteiger partial charge on any atom is -0.381 e. The van der Waals surface area contributed by atoms with Gasteiger partial charge in [0, 0.05) is 32.0 Å². The summed E-state index contributed by atoms with van der Waals surface area (Å²) in [6, 6.07) is 0. The van der Waals surface area contributed by atoms with Crippen LogP contribution in [0.15, 0.2) is 0 Å². The normalized spacial score (nSPS) is 27.4. The minimum absolute atomic E-state index is 0.172. The molecule has 1 unspecified atom stereocenters. The third kappa shape index (κ3) is 2.92. The van der Waals surface area contributed by atoms with Gasteiger partial charge in [-0.3, -0.25) is 4.79 Å². The van der Waals surface area contributed by atoms with Crippen molar-refractivity contribution in [2.24, 2.45) is 5.92 Å². The van der Waals surface area contributed by atoms with Crippen molar-refractivity contribution in [3.05, 3.63) is 0 Å². The van der Waals surface area contributed by atoms with E-state index in [4.69, 9.17) is 9.47 Å². The molecule has 2 saturated heterocycles. The van der Waals surface area contributed by atoms with Crippen molar-refractivity contribution in [2.75, 3.05) is 26.1 Å². The maximum atomic E-state index is 12.6. The molecular formula is C14H24O5S. The fourth-order valence-corrected chi connectivity index (χ4v) is 3.55. The summed E-state index contributed by atoms with van der Waals surface area (Å²) < 4.78 is 33.6. The van der Waals surface area contributed by atoms with Crippen molar-refractivity contribution < 1.29 is 22.7 Å². The first-order valence-corrected chi connectivity index (χ1v) is 9.03. The van der Waals surface area contributed by atoms with Gasteiger partial charge in [-0.25, -0.2) is 8.42 Å². The Kier molecular flexibility index (Phi) is 4.29. The van der Waals surface area contributed by atoms with E-state index < -0.39 is 14.6 Å². The molecule has 2 heterocycles. The van der Waals surface area contributed by atoms with Gasteiger partial charge in [0.2, 0.25) is 0 Å². The van der Waals surface area contributed by atoms with Gasteiger partial charge in [0.1, 0.15) is 4.75 Å². The molecule has 1 spiro atoms. The van der Waals surface area contributed by atoms with E-state index in [1.54, 1.807) is 0 Å². The zero-order valence-electron chi connectivity index (χ0n) is 12.5. The first-order chi connectivity index (χ1) is 9.18. The number of hydrogen-bond donors (Lipinski definition) is 0. The van der Waals surface area contributed by atoms with Gasteiger partial charge in [-0.1, -0.05) is 0 Å². The van der Waals surface area contributed by atoms with E-state index in [9.17, 15) is 13.2 Å². The Balaban J connectivity index is 2.15. The van der Waals surface area contributed by atoms with Crippen LogP contribution in [0.4, 0.5) is 0 Å². The lowest BCUT2D eigenvalue weighted by Crippen LogP contribution is -2.50. The molecule has 0 saturated carbocycles. The molecule has 2 aliphatic rings. The SMILES string of the molecule is CC(C)(C(=O)C1CCOC2(CCOCC2)C1)S(C)(=O)=O. The van der Waals surface area contributed by atoms with E-state index >= 15 is 0 Å². The predicted molar refractivity (Wildman–Crippen MR) is 75.4 cm³/mol. The number of Topliss-reactive ketones (excluding diaryl/α,β-unsaturated/α-hetero) is 1. The molecule has 0 radical (unpaired) electrons. The zero-order valence-corrected chi connectivity index (χ0v) is 13.3. The molecule has 0 aliphatic carbocycles. The number of sulfone groups is 1. The monoisotopic (exact) mass is 304 g/mol. The molecule has 0 aromatic carbocycles. The highest BCUT2D eigenvalue weighted by Gasteiger charge is 2.47. The van der Waals surface area contributed by atoms with Gasteiger partial charge < -0.3 is 9.47 Å². The third-order valence-corrected chi connectivity index (χ3v) is 6.84. The van der Waals surface area contributed by atoms with Gasteiger partial charge in [-0.15, -0.1) is 0 Å². The van der Waals surface area contributed by atoms with Crippen molar-refractivity contribution in [1.29, 1.82) is 0 Å². The largest absolute Gasteiger partial charge is 0.381 e. The van der Waals surface area contributed by atoms with E-state index in [1.807, 2.05) is 0 Å². The lowest BCUT2D eigenvalue weighted by Gasteiger charge is -2.44. The summed E-state index contributed by atoms with van der Waals surface area (Å²) in [5.74, 6) is -0.402. The molecule has 0 aromatic heterocycles. The summed E-state index contributed by atoms with van der Waals surface area (Å²) in [5, 5.41) is 0. The second kappa shape index (κ2) is 5.39. The Bertz CT molecular complexity index is 468. The molecule has 0 bridgehead atoms. The van der Waals surface area contributed by atoms with E-state index in [1.165, 1.54) is 13.8 Å². The Hall–Kier alpha value is -0.460. The highest BCUT2D eigenvalue weighted by atomic mass is 32.2.